The third-order valence-electron chi connectivity index (χ3n) is 5.23. The van der Waals surface area contributed by atoms with E-state index in [4.69, 9.17) is 0 Å². The van der Waals surface area contributed by atoms with Crippen LogP contribution in [-0.4, -0.2) is 64.5 Å². The smallest absolute Gasteiger partial charge is 0.274 e. The number of rotatable bonds is 3. The van der Waals surface area contributed by atoms with Crippen molar-refractivity contribution < 1.29 is 22.0 Å². The summed E-state index contributed by atoms with van der Waals surface area (Å²) in [6.45, 7) is 1.82. The second-order valence-electron chi connectivity index (χ2n) is 7.28. The largest absolute Gasteiger partial charge is 0.336 e. The Balaban J connectivity index is 1.57. The lowest BCUT2D eigenvalue weighted by Crippen LogP contribution is -2.50. The first kappa shape index (κ1) is 21.1. The highest BCUT2D eigenvalue weighted by Crippen LogP contribution is 2.22. The summed E-state index contributed by atoms with van der Waals surface area (Å²) in [6, 6.07) is 3.94. The van der Waals surface area contributed by atoms with Crippen molar-refractivity contribution in [2.75, 3.05) is 26.2 Å². The van der Waals surface area contributed by atoms with Crippen LogP contribution in [0.3, 0.4) is 0 Å². The molecule has 1 N–H and O–H groups in total. The van der Waals surface area contributed by atoms with E-state index < -0.39 is 33.1 Å². The lowest BCUT2D eigenvalue weighted by molar-refractivity contribution is 0.0699. The number of H-pyrrole nitrogens is 1. The second kappa shape index (κ2) is 7.54. The summed E-state index contributed by atoms with van der Waals surface area (Å²) < 4.78 is 54.7. The first-order chi connectivity index (χ1) is 14.6. The number of fused-ring (bicyclic) bond motifs is 1. The fourth-order valence-corrected chi connectivity index (χ4v) is 5.08. The molecule has 1 amide bonds. The Hall–Kier alpha value is -3.12. The molecule has 3 heterocycles. The van der Waals surface area contributed by atoms with E-state index >= 15 is 0 Å². The zero-order valence-corrected chi connectivity index (χ0v) is 17.5. The van der Waals surface area contributed by atoms with Crippen LogP contribution in [0.15, 0.2) is 34.0 Å². The lowest BCUT2D eigenvalue weighted by Gasteiger charge is -2.34. The molecule has 0 bridgehead atoms. The molecular formula is C19H19F2N5O4S. The number of pyridine rings is 1. The van der Waals surface area contributed by atoms with Crippen molar-refractivity contribution in [3.63, 3.8) is 0 Å². The Morgan fingerprint density at radius 1 is 1.10 bits per heavy atom. The van der Waals surface area contributed by atoms with Gasteiger partial charge in [-0.1, -0.05) is 0 Å². The number of benzene rings is 1. The van der Waals surface area contributed by atoms with Gasteiger partial charge in [0.1, 0.15) is 0 Å². The highest BCUT2D eigenvalue weighted by atomic mass is 32.2. The van der Waals surface area contributed by atoms with Gasteiger partial charge < -0.3 is 4.90 Å². The summed E-state index contributed by atoms with van der Waals surface area (Å²) >= 11 is 0. The van der Waals surface area contributed by atoms with Crippen LogP contribution >= 0.6 is 0 Å². The van der Waals surface area contributed by atoms with Crippen LogP contribution in [0.5, 0.6) is 0 Å². The second-order valence-corrected chi connectivity index (χ2v) is 9.22. The predicted octanol–water partition coefficient (Wildman–Crippen LogP) is 0.995. The van der Waals surface area contributed by atoms with Gasteiger partial charge in [0.25, 0.3) is 11.5 Å². The molecule has 0 saturated carbocycles. The van der Waals surface area contributed by atoms with Gasteiger partial charge in [-0.05, 0) is 31.2 Å². The lowest BCUT2D eigenvalue weighted by atomic mass is 10.1. The topological polar surface area (TPSA) is 108 Å². The molecule has 31 heavy (non-hydrogen) atoms. The van der Waals surface area contributed by atoms with E-state index in [-0.39, 0.29) is 42.0 Å². The van der Waals surface area contributed by atoms with E-state index in [1.165, 1.54) is 15.6 Å². The van der Waals surface area contributed by atoms with Crippen molar-refractivity contribution in [1.29, 1.82) is 0 Å². The maximum absolute atomic E-state index is 13.5. The molecule has 1 aliphatic heterocycles. The Morgan fingerprint density at radius 2 is 1.77 bits per heavy atom. The molecule has 1 saturated heterocycles. The number of nitrogens with zero attached hydrogens (tertiary/aromatic N) is 4. The summed E-state index contributed by atoms with van der Waals surface area (Å²) in [6.07, 6.45) is 0. The zero-order valence-electron chi connectivity index (χ0n) is 16.7. The molecule has 1 aromatic carbocycles. The van der Waals surface area contributed by atoms with E-state index in [1.54, 1.807) is 14.0 Å². The minimum Gasteiger partial charge on any atom is -0.336 e. The van der Waals surface area contributed by atoms with Crippen LogP contribution in [-0.2, 0) is 17.1 Å². The first-order valence-corrected chi connectivity index (χ1v) is 10.8. The van der Waals surface area contributed by atoms with Gasteiger partial charge >= 0.3 is 0 Å². The third kappa shape index (κ3) is 3.61. The van der Waals surface area contributed by atoms with Gasteiger partial charge in [0.15, 0.2) is 17.3 Å². The minimum atomic E-state index is -4.04. The Kier molecular flexibility index (Phi) is 5.13. The quantitative estimate of drug-likeness (QED) is 0.639. The molecule has 2 aromatic heterocycles. The summed E-state index contributed by atoms with van der Waals surface area (Å²) in [5, 5.41) is 2.75. The molecule has 0 spiro atoms. The predicted molar refractivity (Wildman–Crippen MR) is 107 cm³/mol. The Labute approximate surface area is 175 Å². The van der Waals surface area contributed by atoms with E-state index in [1.807, 2.05) is 0 Å². The molecule has 9 nitrogen and oxygen atoms in total. The Bertz CT molecular complexity index is 1360. The number of nitrogens with one attached hydrogen (secondary N) is 1. The number of halogens is 2. The van der Waals surface area contributed by atoms with Crippen LogP contribution in [0.2, 0.25) is 0 Å². The molecule has 0 atom stereocenters. The molecular weight excluding hydrogens is 432 g/mol. The SMILES string of the molecule is Cc1cc(C(=O)N2CCN(S(=O)(=O)c3ccc(F)c(F)c3)CC2)c2c(=O)[nH]n(C)c2n1. The van der Waals surface area contributed by atoms with Crippen molar-refractivity contribution in [3.05, 3.63) is 57.5 Å². The number of hydrogen-bond donors (Lipinski definition) is 1. The molecule has 0 radical (unpaired) electrons. The number of piperazine rings is 1. The van der Waals surface area contributed by atoms with Crippen molar-refractivity contribution >= 4 is 27.0 Å². The number of hydrogen-bond acceptors (Lipinski definition) is 5. The molecule has 1 fully saturated rings. The molecule has 4 rings (SSSR count). The van der Waals surface area contributed by atoms with Crippen molar-refractivity contribution in [2.45, 2.75) is 11.8 Å². The number of carbonyl (C=O) groups is 1. The van der Waals surface area contributed by atoms with Gasteiger partial charge in [-0.15, -0.1) is 0 Å². The molecule has 3 aromatic rings. The Morgan fingerprint density at radius 3 is 2.42 bits per heavy atom. The zero-order chi connectivity index (χ0) is 22.5. The van der Waals surface area contributed by atoms with Crippen LogP contribution in [0.4, 0.5) is 8.78 Å². The van der Waals surface area contributed by atoms with Gasteiger partial charge in [0, 0.05) is 38.9 Å². The van der Waals surface area contributed by atoms with Gasteiger partial charge in [0.05, 0.1) is 15.8 Å². The van der Waals surface area contributed by atoms with Crippen molar-refractivity contribution in [2.24, 2.45) is 7.05 Å². The van der Waals surface area contributed by atoms with Gasteiger partial charge in [-0.2, -0.15) is 4.31 Å². The van der Waals surface area contributed by atoms with Crippen molar-refractivity contribution in [1.82, 2.24) is 24.0 Å². The molecule has 0 unspecified atom stereocenters. The van der Waals surface area contributed by atoms with E-state index in [9.17, 15) is 26.8 Å². The number of aromatic nitrogens is 3. The van der Waals surface area contributed by atoms with E-state index in [0.717, 1.165) is 16.4 Å². The number of amides is 1. The van der Waals surface area contributed by atoms with Crippen LogP contribution in [0.1, 0.15) is 16.1 Å². The fourth-order valence-electron chi connectivity index (χ4n) is 3.64. The summed E-state index contributed by atoms with van der Waals surface area (Å²) in [4.78, 5) is 30.8. The third-order valence-corrected chi connectivity index (χ3v) is 7.12. The van der Waals surface area contributed by atoms with Crippen LogP contribution in [0.25, 0.3) is 11.0 Å². The number of aromatic amines is 1. The van der Waals surface area contributed by atoms with Gasteiger partial charge in [0.2, 0.25) is 10.0 Å². The average molecular weight is 451 g/mol. The highest BCUT2D eigenvalue weighted by molar-refractivity contribution is 7.89. The summed E-state index contributed by atoms with van der Waals surface area (Å²) in [5.41, 5.74) is 0.673. The number of sulfonamides is 1. The first-order valence-electron chi connectivity index (χ1n) is 9.40. The fraction of sp³-hybridized carbons (Fsp3) is 0.316. The van der Waals surface area contributed by atoms with Crippen LogP contribution in [0, 0.1) is 18.6 Å². The molecule has 164 valence electrons. The molecule has 0 aliphatic carbocycles. The minimum absolute atomic E-state index is 0.0224. The number of carbonyl (C=O) groups excluding carboxylic acids is 1. The van der Waals surface area contributed by atoms with E-state index in [0.29, 0.717) is 17.4 Å². The van der Waals surface area contributed by atoms with Gasteiger partial charge in [-0.25, -0.2) is 22.2 Å². The normalized spacial score (nSPS) is 15.5. The maximum Gasteiger partial charge on any atom is 0.274 e. The number of aryl methyl sites for hydroxylation is 2. The molecule has 12 heteroatoms. The van der Waals surface area contributed by atoms with E-state index in [2.05, 4.69) is 10.1 Å². The molecule has 1 aliphatic rings. The summed E-state index contributed by atoms with van der Waals surface area (Å²) in [5.74, 6) is -2.79. The van der Waals surface area contributed by atoms with Gasteiger partial charge in [-0.3, -0.25) is 19.4 Å². The maximum atomic E-state index is 13.5. The standard InChI is InChI=1S/C19H19F2N5O4S/c1-11-9-13(16-17(22-11)24(2)23-18(16)27)19(28)25-5-7-26(8-6-25)31(29,30)12-3-4-14(20)15(21)10-12/h3-4,9-10H,5-8H2,1-2H3,(H,23,27). The van der Waals surface area contributed by atoms with Crippen molar-refractivity contribution in [3.8, 4) is 0 Å². The summed E-state index contributed by atoms with van der Waals surface area (Å²) in [7, 11) is -2.42. The average Bonchev–Trinajstić information content (AvgIpc) is 3.02. The highest BCUT2D eigenvalue weighted by Gasteiger charge is 2.32. The van der Waals surface area contributed by atoms with Crippen LogP contribution < -0.4 is 5.56 Å². The monoisotopic (exact) mass is 451 g/mol.